The van der Waals surface area contributed by atoms with Crippen LogP contribution in [0.3, 0.4) is 0 Å². The van der Waals surface area contributed by atoms with Gasteiger partial charge in [0, 0.05) is 11.1 Å². The van der Waals surface area contributed by atoms with Gasteiger partial charge in [-0.25, -0.2) is 0 Å². The summed E-state index contributed by atoms with van der Waals surface area (Å²) in [6.07, 6.45) is 2.75. The van der Waals surface area contributed by atoms with E-state index in [-0.39, 0.29) is 0 Å². The van der Waals surface area contributed by atoms with Crippen LogP contribution in [0.4, 0.5) is 0 Å². The van der Waals surface area contributed by atoms with E-state index < -0.39 is 0 Å². The fourth-order valence-electron chi connectivity index (χ4n) is 1.33. The summed E-state index contributed by atoms with van der Waals surface area (Å²) in [7, 11) is 2.23. The second-order valence-electron chi connectivity index (χ2n) is 4.73. The van der Waals surface area contributed by atoms with Crippen LogP contribution in [0.15, 0.2) is 0 Å². The van der Waals surface area contributed by atoms with Gasteiger partial charge in [-0.2, -0.15) is 0 Å². The van der Waals surface area contributed by atoms with E-state index in [9.17, 15) is 0 Å². The zero-order chi connectivity index (χ0) is 7.99. The van der Waals surface area contributed by atoms with Gasteiger partial charge in [-0.1, -0.05) is 0 Å². The van der Waals surface area contributed by atoms with Crippen LogP contribution in [0.1, 0.15) is 40.5 Å². The summed E-state index contributed by atoms with van der Waals surface area (Å²) in [6.45, 7) is 9.17. The van der Waals surface area contributed by atoms with Crippen molar-refractivity contribution in [3.05, 3.63) is 0 Å². The second-order valence-corrected chi connectivity index (χ2v) is 4.73. The Hall–Kier alpha value is -0.0400. The lowest BCUT2D eigenvalue weighted by Crippen LogP contribution is -2.45. The Balaban J connectivity index is 2.57. The molecule has 0 aromatic rings. The average molecular weight is 141 g/mol. The van der Waals surface area contributed by atoms with Crippen molar-refractivity contribution in [1.29, 1.82) is 0 Å². The van der Waals surface area contributed by atoms with Crippen LogP contribution in [0.5, 0.6) is 0 Å². The van der Waals surface area contributed by atoms with E-state index >= 15 is 0 Å². The molecule has 0 spiro atoms. The first-order valence-electron chi connectivity index (χ1n) is 4.10. The molecule has 0 radical (unpaired) electrons. The molecule has 0 saturated heterocycles. The maximum absolute atomic E-state index is 2.49. The molecule has 1 rings (SSSR count). The minimum Gasteiger partial charge on any atom is -0.296 e. The van der Waals surface area contributed by atoms with Crippen molar-refractivity contribution in [2.24, 2.45) is 0 Å². The fourth-order valence-corrected chi connectivity index (χ4v) is 1.33. The third-order valence-corrected chi connectivity index (χ3v) is 2.79. The highest BCUT2D eigenvalue weighted by Gasteiger charge is 2.44. The van der Waals surface area contributed by atoms with Crippen LogP contribution in [-0.4, -0.2) is 23.0 Å². The maximum atomic E-state index is 2.49. The van der Waals surface area contributed by atoms with E-state index in [1.54, 1.807) is 0 Å². The first-order valence-corrected chi connectivity index (χ1v) is 4.10. The Morgan fingerprint density at radius 3 is 1.70 bits per heavy atom. The van der Waals surface area contributed by atoms with Crippen molar-refractivity contribution >= 4 is 0 Å². The zero-order valence-corrected chi connectivity index (χ0v) is 7.86. The third kappa shape index (κ3) is 1.34. The van der Waals surface area contributed by atoms with Gasteiger partial charge in [0.05, 0.1) is 0 Å². The highest BCUT2D eigenvalue weighted by molar-refractivity contribution is 5.01. The Bertz CT molecular complexity index is 123. The summed E-state index contributed by atoms with van der Waals surface area (Å²) >= 11 is 0. The topological polar surface area (TPSA) is 3.24 Å². The van der Waals surface area contributed by atoms with Crippen LogP contribution >= 0.6 is 0 Å². The molecule has 0 amide bonds. The van der Waals surface area contributed by atoms with Crippen LogP contribution in [-0.2, 0) is 0 Å². The molecule has 10 heavy (non-hydrogen) atoms. The molecular weight excluding hydrogens is 122 g/mol. The molecular formula is C9H19N. The zero-order valence-electron chi connectivity index (χ0n) is 7.86. The molecule has 0 aromatic heterocycles. The Kier molecular flexibility index (Phi) is 1.59. The van der Waals surface area contributed by atoms with E-state index in [0.29, 0.717) is 11.1 Å². The van der Waals surface area contributed by atoms with Gasteiger partial charge in [0.1, 0.15) is 0 Å². The number of nitrogens with zero attached hydrogens (tertiary/aromatic N) is 1. The lowest BCUT2D eigenvalue weighted by molar-refractivity contribution is 0.111. The molecule has 1 nitrogen and oxygen atoms in total. The van der Waals surface area contributed by atoms with Crippen LogP contribution in [0, 0.1) is 0 Å². The number of hydrogen-bond acceptors (Lipinski definition) is 1. The Morgan fingerprint density at radius 1 is 1.20 bits per heavy atom. The first kappa shape index (κ1) is 8.06. The highest BCUT2D eigenvalue weighted by atomic mass is 15.2. The Labute approximate surface area is 64.4 Å². The summed E-state index contributed by atoms with van der Waals surface area (Å²) in [5.74, 6) is 0. The van der Waals surface area contributed by atoms with E-state index in [4.69, 9.17) is 0 Å². The summed E-state index contributed by atoms with van der Waals surface area (Å²) in [5.41, 5.74) is 0.865. The molecule has 1 heteroatoms. The molecule has 1 aliphatic carbocycles. The van der Waals surface area contributed by atoms with Gasteiger partial charge >= 0.3 is 0 Å². The smallest absolute Gasteiger partial charge is 0.0184 e. The molecule has 0 atom stereocenters. The van der Waals surface area contributed by atoms with Gasteiger partial charge in [0.25, 0.3) is 0 Å². The van der Waals surface area contributed by atoms with E-state index in [1.807, 2.05) is 0 Å². The average Bonchev–Trinajstić information content (AvgIpc) is 2.45. The largest absolute Gasteiger partial charge is 0.296 e. The van der Waals surface area contributed by atoms with Gasteiger partial charge in [-0.3, -0.25) is 4.90 Å². The lowest BCUT2D eigenvalue weighted by atomic mass is 10.0. The highest BCUT2D eigenvalue weighted by Crippen LogP contribution is 2.43. The van der Waals surface area contributed by atoms with Crippen molar-refractivity contribution in [2.45, 2.75) is 51.6 Å². The molecule has 1 aliphatic rings. The third-order valence-electron chi connectivity index (χ3n) is 2.79. The fraction of sp³-hybridized carbons (Fsp3) is 1.00. The summed E-state index contributed by atoms with van der Waals surface area (Å²) < 4.78 is 0. The van der Waals surface area contributed by atoms with Crippen molar-refractivity contribution in [1.82, 2.24) is 4.90 Å². The van der Waals surface area contributed by atoms with Gasteiger partial charge in [-0.15, -0.1) is 0 Å². The summed E-state index contributed by atoms with van der Waals surface area (Å²) in [4.78, 5) is 2.49. The molecule has 1 fully saturated rings. The summed E-state index contributed by atoms with van der Waals surface area (Å²) in [6, 6.07) is 0. The molecule has 0 aliphatic heterocycles. The minimum atomic E-state index is 0.339. The standard InChI is InChI=1S/C9H19N/c1-8(2,3)10(5)9(4)6-7-9/h6-7H2,1-5H3. The molecule has 0 bridgehead atoms. The maximum Gasteiger partial charge on any atom is 0.0184 e. The molecule has 0 aromatic carbocycles. The number of rotatable bonds is 1. The molecule has 0 heterocycles. The number of hydrogen-bond donors (Lipinski definition) is 0. The van der Waals surface area contributed by atoms with Crippen molar-refractivity contribution in [3.63, 3.8) is 0 Å². The minimum absolute atomic E-state index is 0.339. The van der Waals surface area contributed by atoms with E-state index in [0.717, 1.165) is 0 Å². The van der Waals surface area contributed by atoms with Crippen molar-refractivity contribution < 1.29 is 0 Å². The van der Waals surface area contributed by atoms with Gasteiger partial charge < -0.3 is 0 Å². The van der Waals surface area contributed by atoms with Gasteiger partial charge in [0.2, 0.25) is 0 Å². The first-order chi connectivity index (χ1) is 4.36. The van der Waals surface area contributed by atoms with Crippen LogP contribution < -0.4 is 0 Å². The van der Waals surface area contributed by atoms with Gasteiger partial charge in [0.15, 0.2) is 0 Å². The SMILES string of the molecule is CN(C(C)(C)C)C1(C)CC1. The van der Waals surface area contributed by atoms with Crippen LogP contribution in [0.25, 0.3) is 0 Å². The van der Waals surface area contributed by atoms with Gasteiger partial charge in [-0.05, 0) is 47.6 Å². The van der Waals surface area contributed by atoms with E-state index in [2.05, 4.69) is 39.6 Å². The molecule has 60 valence electrons. The Morgan fingerprint density at radius 2 is 1.60 bits per heavy atom. The predicted molar refractivity (Wildman–Crippen MR) is 45.2 cm³/mol. The van der Waals surface area contributed by atoms with Crippen molar-refractivity contribution in [3.8, 4) is 0 Å². The normalized spacial score (nSPS) is 23.4. The monoisotopic (exact) mass is 141 g/mol. The lowest BCUT2D eigenvalue weighted by Gasteiger charge is -2.37. The molecule has 0 unspecified atom stereocenters. The molecule has 1 saturated carbocycles. The quantitative estimate of drug-likeness (QED) is 0.541. The summed E-state index contributed by atoms with van der Waals surface area (Å²) in [5, 5.41) is 0. The van der Waals surface area contributed by atoms with E-state index in [1.165, 1.54) is 12.8 Å². The van der Waals surface area contributed by atoms with Crippen molar-refractivity contribution in [2.75, 3.05) is 7.05 Å². The second kappa shape index (κ2) is 1.97. The predicted octanol–water partition coefficient (Wildman–Crippen LogP) is 2.27. The molecule has 0 N–H and O–H groups in total. The van der Waals surface area contributed by atoms with Crippen LogP contribution in [0.2, 0.25) is 0 Å².